The van der Waals surface area contributed by atoms with E-state index < -0.39 is 6.09 Å². The molecule has 0 saturated heterocycles. The highest BCUT2D eigenvalue weighted by Crippen LogP contribution is 2.27. The van der Waals surface area contributed by atoms with Crippen LogP contribution in [-0.2, 0) is 4.74 Å². The maximum absolute atomic E-state index is 11.6. The second-order valence-electron chi connectivity index (χ2n) is 4.16. The fourth-order valence-corrected chi connectivity index (χ4v) is 2.23. The molecule has 0 aliphatic carbocycles. The molecule has 0 heterocycles. The van der Waals surface area contributed by atoms with E-state index in [1.807, 2.05) is 0 Å². The van der Waals surface area contributed by atoms with Crippen LogP contribution in [0.1, 0.15) is 0 Å². The monoisotopic (exact) mass is 359 g/mol. The van der Waals surface area contributed by atoms with Crippen LogP contribution >= 0.6 is 34.8 Å². The van der Waals surface area contributed by atoms with Crippen molar-refractivity contribution in [3.63, 3.8) is 0 Å². The summed E-state index contributed by atoms with van der Waals surface area (Å²) in [5.41, 5.74) is 0.482. The highest BCUT2D eigenvalue weighted by Gasteiger charge is 2.07. The van der Waals surface area contributed by atoms with Crippen LogP contribution in [0.4, 0.5) is 10.5 Å². The van der Waals surface area contributed by atoms with Crippen LogP contribution in [0.3, 0.4) is 0 Å². The third kappa shape index (κ3) is 4.98. The molecule has 2 rings (SSSR count). The molecule has 0 saturated carbocycles. The molecule has 0 unspecified atom stereocenters. The number of hydrogen-bond donors (Lipinski definition) is 1. The Hall–Kier alpha value is -1.62. The summed E-state index contributed by atoms with van der Waals surface area (Å²) in [6, 6.07) is 11.7. The van der Waals surface area contributed by atoms with Gasteiger partial charge >= 0.3 is 6.09 Å². The van der Waals surface area contributed by atoms with Gasteiger partial charge in [0.25, 0.3) is 0 Å². The Bertz CT molecular complexity index is 664. The average molecular weight is 361 g/mol. The molecule has 1 amide bonds. The van der Waals surface area contributed by atoms with Crippen molar-refractivity contribution >= 4 is 46.6 Å². The first-order valence-corrected chi connectivity index (χ1v) is 7.46. The molecular formula is C15H12Cl3NO3. The summed E-state index contributed by atoms with van der Waals surface area (Å²) in [6.07, 6.45) is -0.612. The molecule has 1 N–H and O–H groups in total. The third-order valence-electron chi connectivity index (χ3n) is 2.58. The van der Waals surface area contributed by atoms with Crippen molar-refractivity contribution in [2.24, 2.45) is 0 Å². The fraction of sp³-hybridized carbons (Fsp3) is 0.133. The number of para-hydroxylation sites is 1. The summed E-state index contributed by atoms with van der Waals surface area (Å²) < 4.78 is 10.4. The van der Waals surface area contributed by atoms with Crippen molar-refractivity contribution in [1.29, 1.82) is 0 Å². The van der Waals surface area contributed by atoms with Gasteiger partial charge in [0.1, 0.15) is 19.0 Å². The molecule has 0 bridgehead atoms. The Kier molecular flexibility index (Phi) is 6.19. The van der Waals surface area contributed by atoms with Gasteiger partial charge in [-0.1, -0.05) is 46.9 Å². The number of benzene rings is 2. The zero-order valence-corrected chi connectivity index (χ0v) is 13.6. The zero-order chi connectivity index (χ0) is 15.9. The van der Waals surface area contributed by atoms with E-state index in [2.05, 4.69) is 5.32 Å². The zero-order valence-electron chi connectivity index (χ0n) is 11.3. The lowest BCUT2D eigenvalue weighted by Gasteiger charge is -2.10. The smallest absolute Gasteiger partial charge is 0.411 e. The fourth-order valence-electron chi connectivity index (χ4n) is 1.59. The average Bonchev–Trinajstić information content (AvgIpc) is 2.48. The Labute approximate surface area is 142 Å². The molecule has 0 atom stereocenters. The largest absolute Gasteiger partial charge is 0.488 e. The van der Waals surface area contributed by atoms with Gasteiger partial charge in [0.05, 0.1) is 15.7 Å². The van der Waals surface area contributed by atoms with Crippen LogP contribution in [0.5, 0.6) is 5.75 Å². The summed E-state index contributed by atoms with van der Waals surface area (Å²) >= 11 is 17.7. The molecule has 0 spiro atoms. The van der Waals surface area contributed by atoms with Gasteiger partial charge in [0, 0.05) is 5.02 Å². The summed E-state index contributed by atoms with van der Waals surface area (Å²) in [5, 5.41) is 3.89. The van der Waals surface area contributed by atoms with Crippen molar-refractivity contribution < 1.29 is 14.3 Å². The first-order valence-electron chi connectivity index (χ1n) is 6.32. The first kappa shape index (κ1) is 16.7. The lowest BCUT2D eigenvalue weighted by Crippen LogP contribution is -2.17. The van der Waals surface area contributed by atoms with Gasteiger partial charge in [-0.2, -0.15) is 0 Å². The van der Waals surface area contributed by atoms with Crippen LogP contribution in [0.2, 0.25) is 15.1 Å². The number of hydrogen-bond acceptors (Lipinski definition) is 3. The Morgan fingerprint density at radius 3 is 2.50 bits per heavy atom. The third-order valence-corrected chi connectivity index (χ3v) is 3.44. The number of halogens is 3. The van der Waals surface area contributed by atoms with Gasteiger partial charge in [0.2, 0.25) is 0 Å². The molecule has 0 aromatic heterocycles. The van der Waals surface area contributed by atoms with E-state index in [1.54, 1.807) is 42.5 Å². The molecule has 7 heteroatoms. The number of anilines is 1. The van der Waals surface area contributed by atoms with E-state index in [9.17, 15) is 4.79 Å². The van der Waals surface area contributed by atoms with E-state index in [1.165, 1.54) is 0 Å². The quantitative estimate of drug-likeness (QED) is 0.738. The number of rotatable bonds is 5. The van der Waals surface area contributed by atoms with Crippen LogP contribution in [0, 0.1) is 0 Å². The Morgan fingerprint density at radius 1 is 1.00 bits per heavy atom. The van der Waals surface area contributed by atoms with Gasteiger partial charge < -0.3 is 9.47 Å². The number of nitrogens with one attached hydrogen (secondary N) is 1. The Balaban J connectivity index is 1.74. The van der Waals surface area contributed by atoms with E-state index in [4.69, 9.17) is 44.3 Å². The van der Waals surface area contributed by atoms with Crippen LogP contribution in [0.15, 0.2) is 42.5 Å². The Morgan fingerprint density at radius 2 is 1.77 bits per heavy atom. The normalized spacial score (nSPS) is 10.1. The number of ether oxygens (including phenoxy) is 2. The molecule has 2 aromatic rings. The molecular weight excluding hydrogens is 349 g/mol. The predicted octanol–water partition coefficient (Wildman–Crippen LogP) is 5.27. The molecule has 0 aliphatic heterocycles. The lowest BCUT2D eigenvalue weighted by molar-refractivity contribution is 0.138. The molecule has 0 radical (unpaired) electrons. The van der Waals surface area contributed by atoms with Crippen molar-refractivity contribution in [2.75, 3.05) is 18.5 Å². The minimum atomic E-state index is -0.612. The number of carbonyl (C=O) groups excluding carboxylic acids is 1. The van der Waals surface area contributed by atoms with Gasteiger partial charge in [-0.05, 0) is 30.3 Å². The molecule has 116 valence electrons. The molecule has 0 fully saturated rings. The molecule has 22 heavy (non-hydrogen) atoms. The van der Waals surface area contributed by atoms with Gasteiger partial charge in [-0.3, -0.25) is 5.32 Å². The minimum absolute atomic E-state index is 0.0647. The maximum atomic E-state index is 11.6. The standard InChI is InChI=1S/C15H12Cl3NO3/c16-10-5-6-14(12(18)9-10)21-7-8-22-15(20)19-13-4-2-1-3-11(13)17/h1-6,9H,7-8H2,(H,19,20). The van der Waals surface area contributed by atoms with E-state index in [-0.39, 0.29) is 13.2 Å². The van der Waals surface area contributed by atoms with Crippen LogP contribution in [0.25, 0.3) is 0 Å². The first-order chi connectivity index (χ1) is 10.6. The highest BCUT2D eigenvalue weighted by atomic mass is 35.5. The van der Waals surface area contributed by atoms with Gasteiger partial charge in [-0.25, -0.2) is 4.79 Å². The highest BCUT2D eigenvalue weighted by molar-refractivity contribution is 6.35. The van der Waals surface area contributed by atoms with E-state index >= 15 is 0 Å². The van der Waals surface area contributed by atoms with Crippen molar-refractivity contribution in [3.05, 3.63) is 57.5 Å². The van der Waals surface area contributed by atoms with Gasteiger partial charge in [0.15, 0.2) is 0 Å². The van der Waals surface area contributed by atoms with Crippen molar-refractivity contribution in [1.82, 2.24) is 0 Å². The SMILES string of the molecule is O=C(Nc1ccccc1Cl)OCCOc1ccc(Cl)cc1Cl. The van der Waals surface area contributed by atoms with Crippen molar-refractivity contribution in [3.8, 4) is 5.75 Å². The second kappa shape index (κ2) is 8.13. The van der Waals surface area contributed by atoms with Gasteiger partial charge in [-0.15, -0.1) is 0 Å². The van der Waals surface area contributed by atoms with Crippen LogP contribution in [-0.4, -0.2) is 19.3 Å². The van der Waals surface area contributed by atoms with E-state index in [0.717, 1.165) is 0 Å². The number of carbonyl (C=O) groups is 1. The summed E-state index contributed by atoms with van der Waals surface area (Å²) in [4.78, 5) is 11.6. The van der Waals surface area contributed by atoms with E-state index in [0.29, 0.717) is 26.5 Å². The summed E-state index contributed by atoms with van der Waals surface area (Å²) in [5.74, 6) is 0.473. The lowest BCUT2D eigenvalue weighted by atomic mass is 10.3. The molecule has 2 aromatic carbocycles. The predicted molar refractivity (Wildman–Crippen MR) is 88.4 cm³/mol. The topological polar surface area (TPSA) is 47.6 Å². The minimum Gasteiger partial charge on any atom is -0.488 e. The summed E-state index contributed by atoms with van der Waals surface area (Å²) in [6.45, 7) is 0.229. The second-order valence-corrected chi connectivity index (χ2v) is 5.41. The molecule has 0 aliphatic rings. The molecule has 4 nitrogen and oxygen atoms in total. The van der Waals surface area contributed by atoms with Crippen LogP contribution < -0.4 is 10.1 Å². The number of amides is 1. The summed E-state index contributed by atoms with van der Waals surface area (Å²) in [7, 11) is 0. The maximum Gasteiger partial charge on any atom is 0.411 e. The van der Waals surface area contributed by atoms with Crippen molar-refractivity contribution in [2.45, 2.75) is 0 Å².